The molecule has 136 valence electrons. The van der Waals surface area contributed by atoms with E-state index in [1.165, 1.54) is 0 Å². The molecule has 0 aliphatic carbocycles. The molecular formula is C21H21BN2O3. The van der Waals surface area contributed by atoms with Gasteiger partial charge in [0.25, 0.3) is 0 Å². The van der Waals surface area contributed by atoms with Crippen molar-refractivity contribution in [3.8, 4) is 0 Å². The van der Waals surface area contributed by atoms with Crippen LogP contribution in [0.4, 0.5) is 0 Å². The number of pyridine rings is 1. The van der Waals surface area contributed by atoms with Crippen molar-refractivity contribution in [1.29, 1.82) is 0 Å². The third kappa shape index (κ3) is 3.39. The Kier molecular flexibility index (Phi) is 4.78. The number of ketones is 1. The maximum absolute atomic E-state index is 13.0. The lowest BCUT2D eigenvalue weighted by molar-refractivity contribution is -0.119. The highest BCUT2D eigenvalue weighted by atomic mass is 16.5. The number of nitrogens with zero attached hydrogens (tertiary/aromatic N) is 1. The Balaban J connectivity index is 1.60. The van der Waals surface area contributed by atoms with Crippen molar-refractivity contribution >= 4 is 29.1 Å². The first-order valence-corrected chi connectivity index (χ1v) is 9.05. The van der Waals surface area contributed by atoms with Crippen molar-refractivity contribution < 1.29 is 14.5 Å². The van der Waals surface area contributed by atoms with Crippen LogP contribution in [0, 0.1) is 6.92 Å². The zero-order valence-electron chi connectivity index (χ0n) is 15.2. The molecule has 1 aliphatic rings. The van der Waals surface area contributed by atoms with E-state index in [0.717, 1.165) is 38.5 Å². The van der Waals surface area contributed by atoms with E-state index in [-0.39, 0.29) is 18.2 Å². The zero-order valence-corrected chi connectivity index (χ0v) is 15.2. The number of hydrogen-bond acceptors (Lipinski definition) is 5. The summed E-state index contributed by atoms with van der Waals surface area (Å²) in [5.74, 6) is -0.287. The van der Waals surface area contributed by atoms with Gasteiger partial charge < -0.3 is 15.4 Å². The number of hydrogen-bond donors (Lipinski definition) is 2. The van der Waals surface area contributed by atoms with Crippen LogP contribution in [-0.4, -0.2) is 29.5 Å². The number of Topliss-reactive ketones (excluding diaryl/α,β-unsaturated/α-hetero) is 1. The van der Waals surface area contributed by atoms with Gasteiger partial charge in [-0.15, -0.1) is 0 Å². The van der Waals surface area contributed by atoms with Crippen LogP contribution in [0.5, 0.6) is 0 Å². The molecule has 1 aromatic heterocycles. The molecule has 2 aromatic carbocycles. The monoisotopic (exact) mass is 360 g/mol. The summed E-state index contributed by atoms with van der Waals surface area (Å²) in [5, 5.41) is 12.0. The Bertz CT molecular complexity index is 1020. The van der Waals surface area contributed by atoms with Crippen molar-refractivity contribution in [2.45, 2.75) is 25.9 Å². The maximum atomic E-state index is 13.0. The van der Waals surface area contributed by atoms with E-state index in [2.05, 4.69) is 4.98 Å². The van der Waals surface area contributed by atoms with E-state index in [9.17, 15) is 9.82 Å². The molecule has 5 nitrogen and oxygen atoms in total. The molecule has 3 aromatic rings. The predicted molar refractivity (Wildman–Crippen MR) is 106 cm³/mol. The Morgan fingerprint density at radius 1 is 1.30 bits per heavy atom. The second-order valence-corrected chi connectivity index (χ2v) is 7.06. The molecule has 27 heavy (non-hydrogen) atoms. The lowest BCUT2D eigenvalue weighted by Gasteiger charge is -2.17. The molecule has 4 rings (SSSR count). The summed E-state index contributed by atoms with van der Waals surface area (Å²) in [6.07, 6.45) is 3.89. The molecule has 0 radical (unpaired) electrons. The number of aryl methyl sites for hydroxylation is 1. The first-order valence-electron chi connectivity index (χ1n) is 9.05. The Labute approximate surface area is 158 Å². The fraction of sp³-hybridized carbons (Fsp3) is 0.238. The second-order valence-electron chi connectivity index (χ2n) is 7.06. The van der Waals surface area contributed by atoms with Crippen LogP contribution in [0.2, 0.25) is 0 Å². The van der Waals surface area contributed by atoms with Gasteiger partial charge in [0.2, 0.25) is 0 Å². The van der Waals surface area contributed by atoms with Crippen LogP contribution in [0.25, 0.3) is 10.8 Å². The summed E-state index contributed by atoms with van der Waals surface area (Å²) in [4.78, 5) is 17.1. The predicted octanol–water partition coefficient (Wildman–Crippen LogP) is 1.62. The molecule has 3 N–H and O–H groups in total. The van der Waals surface area contributed by atoms with Gasteiger partial charge >= 0.3 is 7.12 Å². The summed E-state index contributed by atoms with van der Waals surface area (Å²) in [6.45, 7) is 2.53. The number of fused-ring (bicyclic) bond motifs is 2. The van der Waals surface area contributed by atoms with Crippen molar-refractivity contribution in [1.82, 2.24) is 4.98 Å². The van der Waals surface area contributed by atoms with E-state index in [4.69, 9.17) is 10.4 Å². The molecule has 1 unspecified atom stereocenters. The van der Waals surface area contributed by atoms with Crippen molar-refractivity contribution in [3.63, 3.8) is 0 Å². The number of benzene rings is 2. The SMILES string of the molecule is Cc1cc(C(CN)C(=O)Cc2ccc3cnccc3c2)cc2c1B(O)OC2. The van der Waals surface area contributed by atoms with Crippen LogP contribution in [0.15, 0.2) is 48.8 Å². The average molecular weight is 360 g/mol. The molecule has 0 saturated carbocycles. The maximum Gasteiger partial charge on any atom is 0.492 e. The third-order valence-corrected chi connectivity index (χ3v) is 5.25. The first kappa shape index (κ1) is 17.9. The highest BCUT2D eigenvalue weighted by molar-refractivity contribution is 6.62. The standard InChI is InChI=1S/C21H21BN2O3/c1-13-6-17(9-18-12-27-22(26)21(13)18)19(10-23)20(25)8-14-2-3-16-11-24-5-4-15(16)7-14/h2-7,9,11,19,26H,8,10,12,23H2,1H3. The minimum absolute atomic E-state index is 0.0877. The van der Waals surface area contributed by atoms with E-state index in [1.54, 1.807) is 6.20 Å². The molecule has 0 amide bonds. The summed E-state index contributed by atoms with van der Waals surface area (Å²) >= 11 is 0. The Morgan fingerprint density at radius 2 is 2.15 bits per heavy atom. The van der Waals surface area contributed by atoms with Crippen LogP contribution < -0.4 is 11.2 Å². The number of aromatic nitrogens is 1. The summed E-state index contributed by atoms with van der Waals surface area (Å²) in [5.41, 5.74) is 10.5. The van der Waals surface area contributed by atoms with Crippen LogP contribution in [0.1, 0.15) is 28.2 Å². The topological polar surface area (TPSA) is 85.4 Å². The van der Waals surface area contributed by atoms with Crippen LogP contribution in [0.3, 0.4) is 0 Å². The molecule has 0 bridgehead atoms. The summed E-state index contributed by atoms with van der Waals surface area (Å²) < 4.78 is 5.30. The van der Waals surface area contributed by atoms with Gasteiger partial charge in [-0.05, 0) is 40.5 Å². The van der Waals surface area contributed by atoms with E-state index in [0.29, 0.717) is 13.0 Å². The van der Waals surface area contributed by atoms with E-state index >= 15 is 0 Å². The van der Waals surface area contributed by atoms with Crippen LogP contribution >= 0.6 is 0 Å². The molecule has 2 heterocycles. The molecule has 1 atom stereocenters. The summed E-state index contributed by atoms with van der Waals surface area (Å²) in [6, 6.07) is 11.8. The summed E-state index contributed by atoms with van der Waals surface area (Å²) in [7, 11) is -0.881. The molecule has 0 saturated heterocycles. The lowest BCUT2D eigenvalue weighted by atomic mass is 9.75. The Morgan fingerprint density at radius 3 is 2.96 bits per heavy atom. The number of carbonyl (C=O) groups excluding carboxylic acids is 1. The van der Waals surface area contributed by atoms with Gasteiger partial charge in [0, 0.05) is 30.7 Å². The van der Waals surface area contributed by atoms with Gasteiger partial charge in [-0.2, -0.15) is 0 Å². The smallest absolute Gasteiger partial charge is 0.423 e. The van der Waals surface area contributed by atoms with Crippen LogP contribution in [-0.2, 0) is 22.5 Å². The number of nitrogens with two attached hydrogens (primary N) is 1. The van der Waals surface area contributed by atoms with E-state index < -0.39 is 7.12 Å². The highest BCUT2D eigenvalue weighted by Gasteiger charge is 2.31. The quantitative estimate of drug-likeness (QED) is 0.676. The molecule has 0 fully saturated rings. The normalized spacial score (nSPS) is 14.4. The largest absolute Gasteiger partial charge is 0.492 e. The van der Waals surface area contributed by atoms with Gasteiger partial charge in [-0.3, -0.25) is 9.78 Å². The van der Waals surface area contributed by atoms with Crippen molar-refractivity contribution in [3.05, 3.63) is 71.0 Å². The third-order valence-electron chi connectivity index (χ3n) is 5.25. The number of carbonyl (C=O) groups is 1. The van der Waals surface area contributed by atoms with Gasteiger partial charge in [0.15, 0.2) is 0 Å². The molecule has 0 spiro atoms. The molecule has 1 aliphatic heterocycles. The minimum Gasteiger partial charge on any atom is -0.423 e. The van der Waals surface area contributed by atoms with Gasteiger partial charge in [-0.1, -0.05) is 35.9 Å². The lowest BCUT2D eigenvalue weighted by Crippen LogP contribution is -2.31. The molecular weight excluding hydrogens is 339 g/mol. The van der Waals surface area contributed by atoms with Crippen molar-refractivity contribution in [2.24, 2.45) is 5.73 Å². The van der Waals surface area contributed by atoms with Gasteiger partial charge in [0.1, 0.15) is 5.78 Å². The van der Waals surface area contributed by atoms with Gasteiger partial charge in [-0.25, -0.2) is 0 Å². The van der Waals surface area contributed by atoms with Gasteiger partial charge in [0.05, 0.1) is 12.5 Å². The first-order chi connectivity index (χ1) is 13.1. The fourth-order valence-corrected chi connectivity index (χ4v) is 3.85. The molecule has 6 heteroatoms. The highest BCUT2D eigenvalue weighted by Crippen LogP contribution is 2.24. The minimum atomic E-state index is -0.881. The zero-order chi connectivity index (χ0) is 19.0. The fourth-order valence-electron chi connectivity index (χ4n) is 3.85. The average Bonchev–Trinajstić information content (AvgIpc) is 3.03. The second kappa shape index (κ2) is 7.23. The Hall–Kier alpha value is -2.54. The number of rotatable bonds is 5. The van der Waals surface area contributed by atoms with Crippen molar-refractivity contribution in [2.75, 3.05) is 6.54 Å². The van der Waals surface area contributed by atoms with E-state index in [1.807, 2.05) is 49.5 Å².